The zero-order valence-corrected chi connectivity index (χ0v) is 16.9. The molecule has 0 unspecified atom stereocenters. The van der Waals surface area contributed by atoms with Crippen LogP contribution < -0.4 is 11.5 Å². The average Bonchev–Trinajstić information content (AvgIpc) is 2.82. The lowest BCUT2D eigenvalue weighted by Crippen LogP contribution is -2.31. The zero-order valence-electron chi connectivity index (χ0n) is 16.9. The van der Waals surface area contributed by atoms with Gasteiger partial charge in [0.25, 0.3) is 0 Å². The third-order valence-electron chi connectivity index (χ3n) is 5.65. The van der Waals surface area contributed by atoms with Gasteiger partial charge in [0.2, 0.25) is 0 Å². The lowest BCUT2D eigenvalue weighted by atomic mass is 9.65. The van der Waals surface area contributed by atoms with Crippen LogP contribution in [-0.4, -0.2) is 12.6 Å². The van der Waals surface area contributed by atoms with Gasteiger partial charge >= 0.3 is 0 Å². The van der Waals surface area contributed by atoms with Gasteiger partial charge in [0.15, 0.2) is 0 Å². The van der Waals surface area contributed by atoms with Crippen molar-refractivity contribution >= 4 is 23.9 Å². The first-order valence-electron chi connectivity index (χ1n) is 9.91. The monoisotopic (exact) mass is 406 g/mol. The topological polar surface area (TPSA) is 86.2 Å². The molecule has 0 amide bonds. The van der Waals surface area contributed by atoms with Crippen molar-refractivity contribution in [3.63, 3.8) is 0 Å². The van der Waals surface area contributed by atoms with Crippen molar-refractivity contribution in [3.8, 4) is 0 Å². The standard InChI is InChI=1S/C27H22N2O2/c28-25-13-9-23(10-14-25)27(24-11-15-26(29)16-12-24,21-5-1-19(17-30)2-6-21)22-7-3-20(18-31)4-8-22/h1-18H,28-29H2. The fourth-order valence-corrected chi connectivity index (χ4v) is 4.09. The number of hydrogen-bond donors (Lipinski definition) is 2. The van der Waals surface area contributed by atoms with Crippen molar-refractivity contribution in [3.05, 3.63) is 130 Å². The van der Waals surface area contributed by atoms with Crippen LogP contribution in [0.2, 0.25) is 0 Å². The number of nitrogens with two attached hydrogens (primary N) is 2. The van der Waals surface area contributed by atoms with Crippen molar-refractivity contribution in [2.24, 2.45) is 0 Å². The van der Waals surface area contributed by atoms with Gasteiger partial charge in [0, 0.05) is 22.5 Å². The molecule has 0 aliphatic heterocycles. The molecule has 4 aromatic rings. The van der Waals surface area contributed by atoms with E-state index in [-0.39, 0.29) is 0 Å². The summed E-state index contributed by atoms with van der Waals surface area (Å²) >= 11 is 0. The number of hydrogen-bond acceptors (Lipinski definition) is 4. The van der Waals surface area contributed by atoms with Gasteiger partial charge in [0.1, 0.15) is 12.6 Å². The molecule has 4 heteroatoms. The smallest absolute Gasteiger partial charge is 0.150 e. The molecule has 31 heavy (non-hydrogen) atoms. The molecule has 4 N–H and O–H groups in total. The third-order valence-corrected chi connectivity index (χ3v) is 5.65. The maximum absolute atomic E-state index is 11.3. The summed E-state index contributed by atoms with van der Waals surface area (Å²) in [6.07, 6.45) is 1.66. The van der Waals surface area contributed by atoms with Crippen molar-refractivity contribution in [2.75, 3.05) is 11.5 Å². The predicted molar refractivity (Wildman–Crippen MR) is 124 cm³/mol. The first-order chi connectivity index (χ1) is 15.1. The van der Waals surface area contributed by atoms with E-state index in [2.05, 4.69) is 0 Å². The molecular weight excluding hydrogens is 384 g/mol. The van der Waals surface area contributed by atoms with Gasteiger partial charge in [-0.2, -0.15) is 0 Å². The van der Waals surface area contributed by atoms with Crippen molar-refractivity contribution in [1.82, 2.24) is 0 Å². The highest BCUT2D eigenvalue weighted by molar-refractivity contribution is 5.76. The first kappa shape index (κ1) is 20.1. The SMILES string of the molecule is Nc1ccc(C(c2ccc(N)cc2)(c2ccc(C=O)cc2)c2ccc(C=O)cc2)cc1. The highest BCUT2D eigenvalue weighted by atomic mass is 16.1. The van der Waals surface area contributed by atoms with Crippen LogP contribution in [0.5, 0.6) is 0 Å². The molecular formula is C27H22N2O2. The number of carbonyl (C=O) groups is 2. The van der Waals surface area contributed by atoms with Crippen molar-refractivity contribution in [2.45, 2.75) is 5.41 Å². The van der Waals surface area contributed by atoms with E-state index in [1.165, 1.54) is 0 Å². The number of anilines is 2. The Balaban J connectivity index is 2.10. The molecule has 0 radical (unpaired) electrons. The van der Waals surface area contributed by atoms with Gasteiger partial charge < -0.3 is 11.5 Å². The van der Waals surface area contributed by atoms with E-state index in [9.17, 15) is 9.59 Å². The zero-order chi connectivity index (χ0) is 21.8. The van der Waals surface area contributed by atoms with E-state index < -0.39 is 5.41 Å². The van der Waals surface area contributed by atoms with Gasteiger partial charge in [-0.05, 0) is 46.5 Å². The fourth-order valence-electron chi connectivity index (χ4n) is 4.09. The van der Waals surface area contributed by atoms with Crippen LogP contribution in [0.25, 0.3) is 0 Å². The first-order valence-corrected chi connectivity index (χ1v) is 9.91. The molecule has 0 spiro atoms. The van der Waals surface area contributed by atoms with Gasteiger partial charge in [-0.25, -0.2) is 0 Å². The van der Waals surface area contributed by atoms with E-state index in [1.54, 1.807) is 0 Å². The Bertz CT molecular complexity index is 1100. The normalized spacial score (nSPS) is 11.1. The highest BCUT2D eigenvalue weighted by Crippen LogP contribution is 2.45. The second-order valence-corrected chi connectivity index (χ2v) is 7.47. The molecule has 0 atom stereocenters. The molecule has 0 saturated heterocycles. The number of carbonyl (C=O) groups excluding carboxylic acids is 2. The van der Waals surface area contributed by atoms with Crippen LogP contribution in [0, 0.1) is 0 Å². The quantitative estimate of drug-likeness (QED) is 0.272. The minimum absolute atomic E-state index is 0.601. The molecule has 0 bridgehead atoms. The predicted octanol–water partition coefficient (Wildman–Crippen LogP) is 4.86. The van der Waals surface area contributed by atoms with Gasteiger partial charge in [-0.1, -0.05) is 72.8 Å². The minimum atomic E-state index is -0.704. The molecule has 0 heterocycles. The number of nitrogen functional groups attached to an aromatic ring is 2. The largest absolute Gasteiger partial charge is 0.399 e. The number of rotatable bonds is 6. The van der Waals surface area contributed by atoms with Crippen molar-refractivity contribution < 1.29 is 9.59 Å². The Kier molecular flexibility index (Phi) is 5.37. The molecule has 0 aromatic heterocycles. The molecule has 4 rings (SSSR count). The second-order valence-electron chi connectivity index (χ2n) is 7.47. The molecule has 0 aliphatic rings. The van der Waals surface area contributed by atoms with E-state index in [4.69, 9.17) is 11.5 Å². The van der Waals surface area contributed by atoms with Crippen LogP contribution in [0.3, 0.4) is 0 Å². The van der Waals surface area contributed by atoms with Crippen LogP contribution in [0.1, 0.15) is 43.0 Å². The number of aldehydes is 2. The summed E-state index contributed by atoms with van der Waals surface area (Å²) in [6.45, 7) is 0. The Labute approximate surface area is 181 Å². The maximum Gasteiger partial charge on any atom is 0.150 e. The summed E-state index contributed by atoms with van der Waals surface area (Å²) in [6, 6.07) is 30.6. The Morgan fingerprint density at radius 1 is 0.452 bits per heavy atom. The molecule has 0 aliphatic carbocycles. The fraction of sp³-hybridized carbons (Fsp3) is 0.0370. The van der Waals surface area contributed by atoms with Gasteiger partial charge in [-0.3, -0.25) is 9.59 Å². The second kappa shape index (κ2) is 8.28. The third kappa shape index (κ3) is 3.60. The van der Waals surface area contributed by atoms with Crippen molar-refractivity contribution in [1.29, 1.82) is 0 Å². The van der Waals surface area contributed by atoms with E-state index in [1.807, 2.05) is 97.1 Å². The summed E-state index contributed by atoms with van der Waals surface area (Å²) in [5.74, 6) is 0. The molecule has 152 valence electrons. The van der Waals surface area contributed by atoms with Gasteiger partial charge in [-0.15, -0.1) is 0 Å². The lowest BCUT2D eigenvalue weighted by molar-refractivity contribution is 0.111. The highest BCUT2D eigenvalue weighted by Gasteiger charge is 2.38. The Morgan fingerprint density at radius 3 is 0.968 bits per heavy atom. The average molecular weight is 406 g/mol. The summed E-state index contributed by atoms with van der Waals surface area (Å²) in [5, 5.41) is 0. The van der Waals surface area contributed by atoms with Crippen LogP contribution in [0.4, 0.5) is 11.4 Å². The summed E-state index contributed by atoms with van der Waals surface area (Å²) in [5.41, 5.74) is 17.8. The number of benzene rings is 4. The maximum atomic E-state index is 11.3. The van der Waals surface area contributed by atoms with Crippen LogP contribution in [0.15, 0.2) is 97.1 Å². The summed E-state index contributed by atoms with van der Waals surface area (Å²) in [4.78, 5) is 22.5. The van der Waals surface area contributed by atoms with E-state index in [0.717, 1.165) is 34.8 Å². The Morgan fingerprint density at radius 2 is 0.710 bits per heavy atom. The minimum Gasteiger partial charge on any atom is -0.399 e. The summed E-state index contributed by atoms with van der Waals surface area (Å²) in [7, 11) is 0. The van der Waals surface area contributed by atoms with E-state index >= 15 is 0 Å². The molecule has 0 fully saturated rings. The summed E-state index contributed by atoms with van der Waals surface area (Å²) < 4.78 is 0. The molecule has 4 aromatic carbocycles. The van der Waals surface area contributed by atoms with Crippen LogP contribution >= 0.6 is 0 Å². The van der Waals surface area contributed by atoms with Gasteiger partial charge in [0.05, 0.1) is 5.41 Å². The lowest BCUT2D eigenvalue weighted by Gasteiger charge is -2.37. The Hall–Kier alpha value is -4.18. The molecule has 0 saturated carbocycles. The molecule has 4 nitrogen and oxygen atoms in total. The van der Waals surface area contributed by atoms with Crippen LogP contribution in [-0.2, 0) is 5.41 Å². The van der Waals surface area contributed by atoms with E-state index in [0.29, 0.717) is 22.5 Å².